The number of carbonyl (C=O) groups is 1. The Kier molecular flexibility index (Phi) is 6.85. The number of amides is 1. The van der Waals surface area contributed by atoms with Gasteiger partial charge in [0.2, 0.25) is 15.9 Å². The van der Waals surface area contributed by atoms with Crippen molar-refractivity contribution in [2.45, 2.75) is 19.8 Å². The number of hydrogen-bond acceptors (Lipinski definition) is 4. The molecule has 0 saturated carbocycles. The molecule has 1 aliphatic heterocycles. The van der Waals surface area contributed by atoms with Crippen molar-refractivity contribution in [3.05, 3.63) is 29.8 Å². The third kappa shape index (κ3) is 6.07. The zero-order chi connectivity index (χ0) is 18.3. The number of para-hydroxylation sites is 1. The Morgan fingerprint density at radius 1 is 1.28 bits per heavy atom. The fourth-order valence-electron chi connectivity index (χ4n) is 2.67. The maximum atomic E-state index is 12.1. The first kappa shape index (κ1) is 19.3. The smallest absolute Gasteiger partial charge is 0.223 e. The van der Waals surface area contributed by atoms with E-state index < -0.39 is 10.0 Å². The van der Waals surface area contributed by atoms with Crippen LogP contribution in [0.15, 0.2) is 24.3 Å². The predicted molar refractivity (Wildman–Crippen MR) is 96.6 cm³/mol. The van der Waals surface area contributed by atoms with E-state index >= 15 is 0 Å². The highest BCUT2D eigenvalue weighted by Crippen LogP contribution is 2.19. The molecule has 0 spiro atoms. The van der Waals surface area contributed by atoms with E-state index in [0.29, 0.717) is 25.9 Å². The minimum Gasteiger partial charge on any atom is -0.481 e. The van der Waals surface area contributed by atoms with E-state index in [1.165, 1.54) is 10.6 Å². The number of aryl methyl sites for hydroxylation is 1. The van der Waals surface area contributed by atoms with Crippen molar-refractivity contribution in [3.63, 3.8) is 0 Å². The number of benzene rings is 1. The summed E-state index contributed by atoms with van der Waals surface area (Å²) in [5, 5.41) is 2.78. The van der Waals surface area contributed by atoms with Crippen LogP contribution < -0.4 is 10.1 Å². The predicted octanol–water partition coefficient (Wildman–Crippen LogP) is 1.17. The average molecular weight is 364 g/mol. The highest BCUT2D eigenvalue weighted by Gasteiger charge is 2.28. The number of carbonyl (C=O) groups excluding carboxylic acids is 1. The third-order valence-corrected chi connectivity index (χ3v) is 5.47. The lowest BCUT2D eigenvalue weighted by atomic mass is 9.97. The highest BCUT2D eigenvalue weighted by molar-refractivity contribution is 7.88. The van der Waals surface area contributed by atoms with Gasteiger partial charge in [-0.3, -0.25) is 4.79 Å². The number of nitrogens with zero attached hydrogens (tertiary/aromatic N) is 1. The van der Waals surface area contributed by atoms with Gasteiger partial charge in [-0.2, -0.15) is 0 Å². The minimum atomic E-state index is -3.16. The Hall–Kier alpha value is -2.04. The molecular weight excluding hydrogens is 340 g/mol. The molecule has 1 aliphatic rings. The first-order valence-corrected chi connectivity index (χ1v) is 10.1. The van der Waals surface area contributed by atoms with Gasteiger partial charge in [-0.1, -0.05) is 30.0 Å². The van der Waals surface area contributed by atoms with Crippen LogP contribution in [0, 0.1) is 24.7 Å². The van der Waals surface area contributed by atoms with Crippen molar-refractivity contribution >= 4 is 15.9 Å². The fraction of sp³-hybridized carbons (Fsp3) is 0.500. The standard InChI is InChI=1S/C18H24N2O4S/c1-15-7-3-4-8-17(15)24-14-6-5-11-19-18(21)16-9-12-20(13-10-16)25(2,22)23/h3-4,7-8,16H,9-14H2,1-2H3,(H,19,21). The summed E-state index contributed by atoms with van der Waals surface area (Å²) in [6.07, 6.45) is 2.29. The fourth-order valence-corrected chi connectivity index (χ4v) is 3.55. The van der Waals surface area contributed by atoms with Crippen LogP contribution in [0.1, 0.15) is 18.4 Å². The van der Waals surface area contributed by atoms with Gasteiger partial charge < -0.3 is 10.1 Å². The van der Waals surface area contributed by atoms with Gasteiger partial charge in [0.15, 0.2) is 0 Å². The van der Waals surface area contributed by atoms with Gasteiger partial charge >= 0.3 is 0 Å². The van der Waals surface area contributed by atoms with Crippen molar-refractivity contribution in [1.82, 2.24) is 9.62 Å². The number of sulfonamides is 1. The van der Waals surface area contributed by atoms with E-state index in [0.717, 1.165) is 11.3 Å². The molecule has 0 aliphatic carbocycles. The van der Waals surface area contributed by atoms with E-state index in [9.17, 15) is 13.2 Å². The monoisotopic (exact) mass is 364 g/mol. The molecule has 1 amide bonds. The molecule has 25 heavy (non-hydrogen) atoms. The molecule has 1 heterocycles. The SMILES string of the molecule is Cc1ccccc1OCC#CCNC(=O)C1CCN(S(C)(=O)=O)CC1. The van der Waals surface area contributed by atoms with E-state index in [2.05, 4.69) is 17.2 Å². The van der Waals surface area contributed by atoms with E-state index in [1.54, 1.807) is 0 Å². The summed E-state index contributed by atoms with van der Waals surface area (Å²) in [5.41, 5.74) is 1.05. The Morgan fingerprint density at radius 2 is 1.96 bits per heavy atom. The lowest BCUT2D eigenvalue weighted by molar-refractivity contribution is -0.125. The summed E-state index contributed by atoms with van der Waals surface area (Å²) in [7, 11) is -3.16. The molecule has 136 valence electrons. The van der Waals surface area contributed by atoms with Crippen molar-refractivity contribution in [2.24, 2.45) is 5.92 Å². The van der Waals surface area contributed by atoms with Crippen molar-refractivity contribution < 1.29 is 17.9 Å². The Bertz CT molecular complexity index is 757. The second kappa shape index (κ2) is 8.88. The summed E-state index contributed by atoms with van der Waals surface area (Å²) in [6.45, 7) is 3.30. The van der Waals surface area contributed by atoms with Gasteiger partial charge in [0.25, 0.3) is 0 Å². The topological polar surface area (TPSA) is 75.7 Å². The van der Waals surface area contributed by atoms with Crippen LogP contribution >= 0.6 is 0 Å². The van der Waals surface area contributed by atoms with Crippen LogP contribution in [-0.4, -0.2) is 51.1 Å². The van der Waals surface area contributed by atoms with Crippen LogP contribution in [0.4, 0.5) is 0 Å². The van der Waals surface area contributed by atoms with Crippen LogP contribution in [0.3, 0.4) is 0 Å². The quantitative estimate of drug-likeness (QED) is 0.796. The first-order chi connectivity index (χ1) is 11.9. The van der Waals surface area contributed by atoms with Gasteiger partial charge in [-0.15, -0.1) is 0 Å². The maximum Gasteiger partial charge on any atom is 0.223 e. The maximum absolute atomic E-state index is 12.1. The van der Waals surface area contributed by atoms with Gasteiger partial charge in [0.05, 0.1) is 12.8 Å². The molecule has 0 radical (unpaired) electrons. The number of nitrogens with one attached hydrogen (secondary N) is 1. The van der Waals surface area contributed by atoms with Gasteiger partial charge in [0, 0.05) is 19.0 Å². The zero-order valence-corrected chi connectivity index (χ0v) is 15.4. The minimum absolute atomic E-state index is 0.0673. The first-order valence-electron chi connectivity index (χ1n) is 8.25. The molecule has 0 unspecified atom stereocenters. The van der Waals surface area contributed by atoms with E-state index in [4.69, 9.17) is 4.74 Å². The van der Waals surface area contributed by atoms with Crippen LogP contribution in [0.5, 0.6) is 5.75 Å². The van der Waals surface area contributed by atoms with Gasteiger partial charge in [0.1, 0.15) is 12.4 Å². The summed E-state index contributed by atoms with van der Waals surface area (Å²) >= 11 is 0. The molecule has 1 aromatic rings. The molecule has 2 rings (SSSR count). The number of rotatable bonds is 5. The number of ether oxygens (including phenoxy) is 1. The average Bonchev–Trinajstić information content (AvgIpc) is 2.58. The molecule has 0 aromatic heterocycles. The summed E-state index contributed by atoms with van der Waals surface area (Å²) in [4.78, 5) is 12.1. The second-order valence-corrected chi connectivity index (χ2v) is 8.04. The Balaban J connectivity index is 1.67. The summed E-state index contributed by atoms with van der Waals surface area (Å²) in [6, 6.07) is 7.72. The molecule has 0 bridgehead atoms. The molecule has 0 atom stereocenters. The lowest BCUT2D eigenvalue weighted by Gasteiger charge is -2.29. The van der Waals surface area contributed by atoms with Gasteiger partial charge in [-0.05, 0) is 31.4 Å². The highest BCUT2D eigenvalue weighted by atomic mass is 32.2. The molecule has 1 fully saturated rings. The Morgan fingerprint density at radius 3 is 2.60 bits per heavy atom. The Labute approximate surface area is 149 Å². The normalized spacial score (nSPS) is 15.9. The molecule has 1 aromatic carbocycles. The van der Waals surface area contributed by atoms with E-state index in [-0.39, 0.29) is 25.0 Å². The lowest BCUT2D eigenvalue weighted by Crippen LogP contribution is -2.42. The number of hydrogen-bond donors (Lipinski definition) is 1. The second-order valence-electron chi connectivity index (χ2n) is 6.06. The molecular formula is C18H24N2O4S. The molecule has 7 heteroatoms. The third-order valence-electron chi connectivity index (χ3n) is 4.16. The van der Waals surface area contributed by atoms with Crippen molar-refractivity contribution in [2.75, 3.05) is 32.5 Å². The van der Waals surface area contributed by atoms with Crippen LogP contribution in [0.25, 0.3) is 0 Å². The van der Waals surface area contributed by atoms with Gasteiger partial charge in [-0.25, -0.2) is 12.7 Å². The van der Waals surface area contributed by atoms with Crippen molar-refractivity contribution in [3.8, 4) is 17.6 Å². The zero-order valence-electron chi connectivity index (χ0n) is 14.6. The van der Waals surface area contributed by atoms with Crippen LogP contribution in [-0.2, 0) is 14.8 Å². The van der Waals surface area contributed by atoms with Crippen LogP contribution in [0.2, 0.25) is 0 Å². The van der Waals surface area contributed by atoms with Crippen molar-refractivity contribution in [1.29, 1.82) is 0 Å². The van der Waals surface area contributed by atoms with E-state index in [1.807, 2.05) is 31.2 Å². The largest absolute Gasteiger partial charge is 0.481 e. The summed E-state index contributed by atoms with van der Waals surface area (Å²) in [5.74, 6) is 6.32. The number of piperidine rings is 1. The molecule has 6 nitrogen and oxygen atoms in total. The molecule has 1 saturated heterocycles. The molecule has 1 N–H and O–H groups in total. The summed E-state index contributed by atoms with van der Waals surface area (Å²) < 4.78 is 29.9.